The van der Waals surface area contributed by atoms with E-state index in [1.165, 1.54) is 19.1 Å². The van der Waals surface area contributed by atoms with E-state index in [9.17, 15) is 9.18 Å². The smallest absolute Gasteiger partial charge is 0.251 e. The standard InChI is InChI=1S/C8H9FN2O/c1-4-5(9)2-3-6(10)7(4)8(11)12/h2-3H,10H2,1H3,(H2,11,12). The van der Waals surface area contributed by atoms with E-state index in [0.29, 0.717) is 0 Å². The average Bonchev–Trinajstić information content (AvgIpc) is 1.97. The number of carbonyl (C=O) groups is 1. The third kappa shape index (κ3) is 1.23. The summed E-state index contributed by atoms with van der Waals surface area (Å²) in [6, 6.07) is 2.53. The normalized spacial score (nSPS) is 9.83. The molecule has 1 aromatic carbocycles. The van der Waals surface area contributed by atoms with Crippen LogP contribution in [0.1, 0.15) is 15.9 Å². The maximum atomic E-state index is 12.9. The number of amides is 1. The summed E-state index contributed by atoms with van der Waals surface area (Å²) in [7, 11) is 0. The van der Waals surface area contributed by atoms with Crippen molar-refractivity contribution >= 4 is 11.6 Å². The molecule has 0 radical (unpaired) electrons. The third-order valence-electron chi connectivity index (χ3n) is 1.68. The lowest BCUT2D eigenvalue weighted by Gasteiger charge is -2.05. The molecule has 0 aromatic heterocycles. The van der Waals surface area contributed by atoms with Gasteiger partial charge in [-0.15, -0.1) is 0 Å². The van der Waals surface area contributed by atoms with E-state index in [-0.39, 0.29) is 16.8 Å². The van der Waals surface area contributed by atoms with E-state index in [0.717, 1.165) is 0 Å². The Morgan fingerprint density at radius 3 is 2.50 bits per heavy atom. The summed E-state index contributed by atoms with van der Waals surface area (Å²) in [6.45, 7) is 1.46. The van der Waals surface area contributed by atoms with Crippen molar-refractivity contribution in [2.45, 2.75) is 6.92 Å². The Labute approximate surface area is 69.2 Å². The predicted molar refractivity (Wildman–Crippen MR) is 44.1 cm³/mol. The molecule has 0 fully saturated rings. The topological polar surface area (TPSA) is 69.1 Å². The van der Waals surface area contributed by atoms with Gasteiger partial charge in [-0.05, 0) is 24.6 Å². The van der Waals surface area contributed by atoms with E-state index in [1.807, 2.05) is 0 Å². The van der Waals surface area contributed by atoms with Gasteiger partial charge < -0.3 is 11.5 Å². The molecule has 0 saturated carbocycles. The number of hydrogen-bond acceptors (Lipinski definition) is 2. The van der Waals surface area contributed by atoms with Crippen LogP contribution in [0, 0.1) is 12.7 Å². The van der Waals surface area contributed by atoms with E-state index in [1.54, 1.807) is 0 Å². The van der Waals surface area contributed by atoms with Crippen molar-refractivity contribution in [3.63, 3.8) is 0 Å². The number of rotatable bonds is 1. The van der Waals surface area contributed by atoms with Crippen molar-refractivity contribution in [2.24, 2.45) is 5.73 Å². The molecular formula is C8H9FN2O. The Kier molecular flexibility index (Phi) is 1.99. The molecule has 4 heteroatoms. The lowest BCUT2D eigenvalue weighted by Crippen LogP contribution is -2.16. The zero-order valence-electron chi connectivity index (χ0n) is 6.60. The minimum atomic E-state index is -0.704. The first kappa shape index (κ1) is 8.52. The van der Waals surface area contributed by atoms with Crippen LogP contribution in [0.25, 0.3) is 0 Å². The van der Waals surface area contributed by atoms with Gasteiger partial charge in [0.15, 0.2) is 0 Å². The number of benzene rings is 1. The minimum absolute atomic E-state index is 0.0648. The van der Waals surface area contributed by atoms with Gasteiger partial charge in [-0.3, -0.25) is 4.79 Å². The quantitative estimate of drug-likeness (QED) is 0.609. The Morgan fingerprint density at radius 2 is 2.08 bits per heavy atom. The molecule has 0 saturated heterocycles. The number of halogens is 1. The van der Waals surface area contributed by atoms with Crippen molar-refractivity contribution in [1.29, 1.82) is 0 Å². The highest BCUT2D eigenvalue weighted by Gasteiger charge is 2.12. The second kappa shape index (κ2) is 2.81. The maximum Gasteiger partial charge on any atom is 0.251 e. The van der Waals surface area contributed by atoms with Gasteiger partial charge in [0.2, 0.25) is 0 Å². The Morgan fingerprint density at radius 1 is 1.50 bits per heavy atom. The first-order valence-electron chi connectivity index (χ1n) is 3.38. The van der Waals surface area contributed by atoms with Gasteiger partial charge in [-0.25, -0.2) is 4.39 Å². The number of primary amides is 1. The summed E-state index contributed by atoms with van der Waals surface area (Å²) in [4.78, 5) is 10.8. The summed E-state index contributed by atoms with van der Waals surface area (Å²) in [5.74, 6) is -1.18. The van der Waals surface area contributed by atoms with E-state index in [4.69, 9.17) is 11.5 Å². The lowest BCUT2D eigenvalue weighted by molar-refractivity contribution is 0.1000. The summed E-state index contributed by atoms with van der Waals surface area (Å²) < 4.78 is 12.9. The number of nitrogens with two attached hydrogens (primary N) is 2. The molecule has 0 unspecified atom stereocenters. The number of nitrogen functional groups attached to an aromatic ring is 1. The molecule has 64 valence electrons. The molecule has 4 N–H and O–H groups in total. The molecule has 1 rings (SSSR count). The monoisotopic (exact) mass is 168 g/mol. The average molecular weight is 168 g/mol. The van der Waals surface area contributed by atoms with E-state index in [2.05, 4.69) is 0 Å². The first-order valence-corrected chi connectivity index (χ1v) is 3.38. The fraction of sp³-hybridized carbons (Fsp3) is 0.125. The molecule has 0 spiro atoms. The van der Waals surface area contributed by atoms with Gasteiger partial charge in [0.05, 0.1) is 5.56 Å². The Hall–Kier alpha value is -1.58. The van der Waals surface area contributed by atoms with Gasteiger partial charge in [0.1, 0.15) is 5.82 Å². The molecule has 1 amide bonds. The van der Waals surface area contributed by atoms with Crippen LogP contribution in [-0.4, -0.2) is 5.91 Å². The van der Waals surface area contributed by atoms with Crippen molar-refractivity contribution < 1.29 is 9.18 Å². The third-order valence-corrected chi connectivity index (χ3v) is 1.68. The summed E-state index contributed by atoms with van der Waals surface area (Å²) >= 11 is 0. The molecule has 0 bridgehead atoms. The fourth-order valence-electron chi connectivity index (χ4n) is 1.03. The van der Waals surface area contributed by atoms with Crippen LogP contribution in [0.3, 0.4) is 0 Å². The summed E-state index contributed by atoms with van der Waals surface area (Å²) in [6.07, 6.45) is 0. The van der Waals surface area contributed by atoms with Crippen molar-refractivity contribution in [2.75, 3.05) is 5.73 Å². The second-order valence-corrected chi connectivity index (χ2v) is 2.50. The highest BCUT2D eigenvalue weighted by atomic mass is 19.1. The molecular weight excluding hydrogens is 159 g/mol. The molecule has 0 aliphatic heterocycles. The van der Waals surface area contributed by atoms with Gasteiger partial charge >= 0.3 is 0 Å². The summed E-state index contributed by atoms with van der Waals surface area (Å²) in [5, 5.41) is 0. The number of anilines is 1. The van der Waals surface area contributed by atoms with Crippen LogP contribution in [0.2, 0.25) is 0 Å². The van der Waals surface area contributed by atoms with Crippen molar-refractivity contribution in [3.05, 3.63) is 29.1 Å². The predicted octanol–water partition coefficient (Wildman–Crippen LogP) is 0.815. The molecule has 12 heavy (non-hydrogen) atoms. The van der Waals surface area contributed by atoms with Crippen molar-refractivity contribution in [3.8, 4) is 0 Å². The SMILES string of the molecule is Cc1c(F)ccc(N)c1C(N)=O. The molecule has 0 heterocycles. The number of carbonyl (C=O) groups excluding carboxylic acids is 1. The van der Waals surface area contributed by atoms with E-state index < -0.39 is 11.7 Å². The fourth-order valence-corrected chi connectivity index (χ4v) is 1.03. The molecule has 0 atom stereocenters. The number of hydrogen-bond donors (Lipinski definition) is 2. The molecule has 0 aliphatic carbocycles. The molecule has 0 aliphatic rings. The lowest BCUT2D eigenvalue weighted by atomic mass is 10.1. The van der Waals surface area contributed by atoms with Crippen LogP contribution < -0.4 is 11.5 Å². The van der Waals surface area contributed by atoms with E-state index >= 15 is 0 Å². The van der Waals surface area contributed by atoms with Crippen molar-refractivity contribution in [1.82, 2.24) is 0 Å². The maximum absolute atomic E-state index is 12.9. The summed E-state index contributed by atoms with van der Waals surface area (Å²) in [5.41, 5.74) is 10.9. The zero-order chi connectivity index (χ0) is 9.30. The highest BCUT2D eigenvalue weighted by molar-refractivity contribution is 5.99. The second-order valence-electron chi connectivity index (χ2n) is 2.50. The van der Waals surface area contributed by atoms with Gasteiger partial charge in [0.25, 0.3) is 5.91 Å². The largest absolute Gasteiger partial charge is 0.398 e. The van der Waals surface area contributed by atoms with Gasteiger partial charge in [0, 0.05) is 5.69 Å². The van der Waals surface area contributed by atoms with Crippen LogP contribution >= 0.6 is 0 Å². The van der Waals surface area contributed by atoms with Gasteiger partial charge in [-0.2, -0.15) is 0 Å². The first-order chi connectivity index (χ1) is 5.54. The molecule has 1 aromatic rings. The van der Waals surface area contributed by atoms with Crippen LogP contribution in [-0.2, 0) is 0 Å². The highest BCUT2D eigenvalue weighted by Crippen LogP contribution is 2.18. The van der Waals surface area contributed by atoms with Crippen LogP contribution in [0.5, 0.6) is 0 Å². The Bertz CT molecular complexity index is 336. The Balaban J connectivity index is 3.43. The van der Waals surface area contributed by atoms with Gasteiger partial charge in [-0.1, -0.05) is 0 Å². The van der Waals surface area contributed by atoms with Crippen LogP contribution in [0.15, 0.2) is 12.1 Å². The molecule has 3 nitrogen and oxygen atoms in total. The van der Waals surface area contributed by atoms with Crippen LogP contribution in [0.4, 0.5) is 10.1 Å². The minimum Gasteiger partial charge on any atom is -0.398 e. The zero-order valence-corrected chi connectivity index (χ0v) is 6.60.